The van der Waals surface area contributed by atoms with E-state index in [1.165, 1.54) is 0 Å². The lowest BCUT2D eigenvalue weighted by Gasteiger charge is -2.07. The van der Waals surface area contributed by atoms with Crippen molar-refractivity contribution in [3.05, 3.63) is 34.4 Å². The van der Waals surface area contributed by atoms with Gasteiger partial charge in [-0.3, -0.25) is 0 Å². The van der Waals surface area contributed by atoms with Gasteiger partial charge in [0, 0.05) is 25.2 Å². The van der Waals surface area contributed by atoms with Crippen LogP contribution in [0.25, 0.3) is 0 Å². The minimum absolute atomic E-state index is 0.186. The van der Waals surface area contributed by atoms with E-state index in [-0.39, 0.29) is 5.02 Å². The lowest BCUT2D eigenvalue weighted by molar-refractivity contribution is 0.562. The van der Waals surface area contributed by atoms with Gasteiger partial charge < -0.3 is 10.6 Å². The van der Waals surface area contributed by atoms with Crippen molar-refractivity contribution >= 4 is 11.6 Å². The number of nitrogens with one attached hydrogen (secondary N) is 2. The van der Waals surface area contributed by atoms with E-state index < -0.39 is 11.6 Å². The van der Waals surface area contributed by atoms with Crippen molar-refractivity contribution in [2.75, 3.05) is 19.6 Å². The summed E-state index contributed by atoms with van der Waals surface area (Å²) in [5.74, 6) is -1.08. The third-order valence-corrected chi connectivity index (χ3v) is 2.42. The molecular weight excluding hydrogens is 234 g/mol. The molecule has 0 aromatic heterocycles. The van der Waals surface area contributed by atoms with Crippen molar-refractivity contribution in [3.63, 3.8) is 0 Å². The highest BCUT2D eigenvalue weighted by Crippen LogP contribution is 2.18. The number of benzene rings is 1. The first-order valence-electron chi connectivity index (χ1n) is 5.20. The molecule has 2 N–H and O–H groups in total. The molecule has 0 aliphatic heterocycles. The van der Waals surface area contributed by atoms with Gasteiger partial charge in [-0.2, -0.15) is 0 Å². The van der Waals surface area contributed by atoms with E-state index in [2.05, 4.69) is 10.6 Å². The zero-order chi connectivity index (χ0) is 12.0. The summed E-state index contributed by atoms with van der Waals surface area (Å²) in [7, 11) is 0. The Morgan fingerprint density at radius 3 is 2.50 bits per heavy atom. The summed E-state index contributed by atoms with van der Waals surface area (Å²) in [6.45, 7) is 4.71. The molecule has 0 saturated heterocycles. The summed E-state index contributed by atoms with van der Waals surface area (Å²) >= 11 is 5.44. The Kier molecular flexibility index (Phi) is 5.66. The van der Waals surface area contributed by atoms with Gasteiger partial charge in [0.25, 0.3) is 0 Å². The zero-order valence-electron chi connectivity index (χ0n) is 9.12. The van der Waals surface area contributed by atoms with Crippen molar-refractivity contribution in [1.29, 1.82) is 0 Å². The SMILES string of the molecule is CCNCCNCc1cc(F)c(Cl)cc1F. The molecule has 16 heavy (non-hydrogen) atoms. The van der Waals surface area contributed by atoms with Gasteiger partial charge in [-0.25, -0.2) is 8.78 Å². The van der Waals surface area contributed by atoms with Crippen LogP contribution < -0.4 is 10.6 Å². The minimum atomic E-state index is -0.591. The Hall–Kier alpha value is -0.710. The third kappa shape index (κ3) is 4.04. The van der Waals surface area contributed by atoms with Gasteiger partial charge in [0.15, 0.2) is 0 Å². The van der Waals surface area contributed by atoms with Crippen LogP contribution in [0.5, 0.6) is 0 Å². The lowest BCUT2D eigenvalue weighted by Crippen LogP contribution is -2.27. The first-order chi connectivity index (χ1) is 7.65. The van der Waals surface area contributed by atoms with Gasteiger partial charge in [0.05, 0.1) is 5.02 Å². The van der Waals surface area contributed by atoms with E-state index in [9.17, 15) is 8.78 Å². The molecule has 0 atom stereocenters. The van der Waals surface area contributed by atoms with Gasteiger partial charge in [0.2, 0.25) is 0 Å². The highest BCUT2D eigenvalue weighted by atomic mass is 35.5. The molecule has 1 rings (SSSR count). The number of hydrogen-bond acceptors (Lipinski definition) is 2. The van der Waals surface area contributed by atoms with Crippen molar-refractivity contribution in [2.45, 2.75) is 13.5 Å². The molecule has 1 aromatic rings. The van der Waals surface area contributed by atoms with Crippen molar-refractivity contribution in [3.8, 4) is 0 Å². The molecule has 0 bridgehead atoms. The normalized spacial score (nSPS) is 10.8. The van der Waals surface area contributed by atoms with Crippen molar-refractivity contribution in [2.24, 2.45) is 0 Å². The summed E-state index contributed by atoms with van der Waals surface area (Å²) in [6.07, 6.45) is 0. The molecular formula is C11H15ClF2N2. The molecule has 0 heterocycles. The second kappa shape index (κ2) is 6.78. The molecule has 0 radical (unpaired) electrons. The van der Waals surface area contributed by atoms with Gasteiger partial charge in [0.1, 0.15) is 11.6 Å². The minimum Gasteiger partial charge on any atom is -0.316 e. The van der Waals surface area contributed by atoms with Crippen LogP contribution in [0.4, 0.5) is 8.78 Å². The summed E-state index contributed by atoms with van der Waals surface area (Å²) in [4.78, 5) is 0. The van der Waals surface area contributed by atoms with E-state index in [1.54, 1.807) is 0 Å². The van der Waals surface area contributed by atoms with Gasteiger partial charge in [-0.05, 0) is 18.7 Å². The predicted octanol–water partition coefficient (Wildman–Crippen LogP) is 2.32. The maximum Gasteiger partial charge on any atom is 0.142 e. The van der Waals surface area contributed by atoms with E-state index in [0.717, 1.165) is 25.2 Å². The van der Waals surface area contributed by atoms with Gasteiger partial charge >= 0.3 is 0 Å². The summed E-state index contributed by atoms with van der Waals surface area (Å²) in [5.41, 5.74) is 0.290. The van der Waals surface area contributed by atoms with E-state index in [0.29, 0.717) is 18.7 Å². The van der Waals surface area contributed by atoms with Gasteiger partial charge in [-0.15, -0.1) is 0 Å². The fraction of sp³-hybridized carbons (Fsp3) is 0.455. The summed E-state index contributed by atoms with van der Waals surface area (Å²) < 4.78 is 26.3. The molecule has 0 spiro atoms. The second-order valence-corrected chi connectivity index (χ2v) is 3.80. The lowest BCUT2D eigenvalue weighted by atomic mass is 10.2. The standard InChI is InChI=1S/C11H15ClF2N2/c1-2-15-3-4-16-7-8-5-11(14)9(12)6-10(8)13/h5-6,15-16H,2-4,7H2,1H3. The maximum atomic E-state index is 13.3. The number of rotatable bonds is 6. The smallest absolute Gasteiger partial charge is 0.142 e. The molecule has 0 saturated carbocycles. The number of hydrogen-bond donors (Lipinski definition) is 2. The summed E-state index contributed by atoms with van der Waals surface area (Å²) in [6, 6.07) is 2.12. The van der Waals surface area contributed by atoms with Crippen LogP contribution >= 0.6 is 11.6 Å². The Morgan fingerprint density at radius 1 is 1.12 bits per heavy atom. The van der Waals surface area contributed by atoms with Crippen LogP contribution in [0.1, 0.15) is 12.5 Å². The average molecular weight is 249 g/mol. The summed E-state index contributed by atoms with van der Waals surface area (Å²) in [5, 5.41) is 5.94. The van der Waals surface area contributed by atoms with E-state index in [4.69, 9.17) is 11.6 Å². The molecule has 0 unspecified atom stereocenters. The molecule has 0 amide bonds. The van der Waals surface area contributed by atoms with E-state index >= 15 is 0 Å². The maximum absolute atomic E-state index is 13.3. The number of likely N-dealkylation sites (N-methyl/N-ethyl adjacent to an activating group) is 1. The van der Waals surface area contributed by atoms with Gasteiger partial charge in [-0.1, -0.05) is 18.5 Å². The zero-order valence-corrected chi connectivity index (χ0v) is 9.87. The van der Waals surface area contributed by atoms with Crippen LogP contribution in [-0.4, -0.2) is 19.6 Å². The fourth-order valence-corrected chi connectivity index (χ4v) is 1.43. The van der Waals surface area contributed by atoms with Crippen LogP contribution in [0.15, 0.2) is 12.1 Å². The fourth-order valence-electron chi connectivity index (χ4n) is 1.28. The van der Waals surface area contributed by atoms with Crippen LogP contribution in [0.2, 0.25) is 5.02 Å². The van der Waals surface area contributed by atoms with Crippen LogP contribution in [0, 0.1) is 11.6 Å². The Labute approximate surface area is 99.0 Å². The van der Waals surface area contributed by atoms with Crippen LogP contribution in [-0.2, 0) is 6.54 Å². The first-order valence-corrected chi connectivity index (χ1v) is 5.57. The van der Waals surface area contributed by atoms with Crippen LogP contribution in [0.3, 0.4) is 0 Å². The molecule has 2 nitrogen and oxygen atoms in total. The molecule has 5 heteroatoms. The Bertz CT molecular complexity index is 345. The first kappa shape index (κ1) is 13.4. The number of halogens is 3. The Balaban J connectivity index is 2.45. The molecule has 0 aliphatic carbocycles. The molecule has 0 aliphatic rings. The monoisotopic (exact) mass is 248 g/mol. The highest BCUT2D eigenvalue weighted by molar-refractivity contribution is 6.30. The van der Waals surface area contributed by atoms with E-state index in [1.807, 2.05) is 6.92 Å². The topological polar surface area (TPSA) is 24.1 Å². The highest BCUT2D eigenvalue weighted by Gasteiger charge is 2.07. The molecule has 0 fully saturated rings. The molecule has 90 valence electrons. The average Bonchev–Trinajstić information content (AvgIpc) is 2.25. The Morgan fingerprint density at radius 2 is 1.81 bits per heavy atom. The predicted molar refractivity (Wildman–Crippen MR) is 61.6 cm³/mol. The van der Waals surface area contributed by atoms with Crippen molar-refractivity contribution < 1.29 is 8.78 Å². The van der Waals surface area contributed by atoms with Crippen molar-refractivity contribution in [1.82, 2.24) is 10.6 Å². The second-order valence-electron chi connectivity index (χ2n) is 3.39. The molecule has 1 aromatic carbocycles. The third-order valence-electron chi connectivity index (χ3n) is 2.13. The quantitative estimate of drug-likeness (QED) is 0.596. The largest absolute Gasteiger partial charge is 0.316 e.